The van der Waals surface area contributed by atoms with Crippen LogP contribution >= 0.6 is 24.0 Å². The van der Waals surface area contributed by atoms with Crippen molar-refractivity contribution in [3.05, 3.63) is 35.9 Å². The molecule has 1 saturated carbocycles. The predicted octanol–water partition coefficient (Wildman–Crippen LogP) is 2.15. The molecule has 0 unspecified atom stereocenters. The van der Waals surface area contributed by atoms with Crippen LogP contribution in [0.1, 0.15) is 18.4 Å². The SMILES string of the molecule is CN(CCN=C(N)N(C)C1CC1)Cc1ccccc1.I. The van der Waals surface area contributed by atoms with Crippen LogP contribution in [-0.2, 0) is 6.54 Å². The Labute approximate surface area is 139 Å². The third-order valence-corrected chi connectivity index (χ3v) is 3.51. The van der Waals surface area contributed by atoms with Crippen LogP contribution in [0.4, 0.5) is 0 Å². The zero-order chi connectivity index (χ0) is 13.7. The highest BCUT2D eigenvalue weighted by molar-refractivity contribution is 14.0. The van der Waals surface area contributed by atoms with E-state index in [1.807, 2.05) is 13.1 Å². The lowest BCUT2D eigenvalue weighted by Gasteiger charge is -2.18. The number of benzene rings is 1. The number of guanidine groups is 1. The highest BCUT2D eigenvalue weighted by Crippen LogP contribution is 2.24. The zero-order valence-corrected chi connectivity index (χ0v) is 14.7. The molecule has 4 nitrogen and oxygen atoms in total. The first kappa shape index (κ1) is 17.2. The van der Waals surface area contributed by atoms with E-state index in [2.05, 4.69) is 46.1 Å². The van der Waals surface area contributed by atoms with Gasteiger partial charge in [-0.1, -0.05) is 30.3 Å². The Balaban J connectivity index is 0.00000200. The Kier molecular flexibility index (Phi) is 7.29. The Morgan fingerprint density at radius 2 is 1.90 bits per heavy atom. The molecular formula is C15H25IN4. The second-order valence-electron chi connectivity index (χ2n) is 5.31. The second kappa shape index (κ2) is 8.46. The summed E-state index contributed by atoms with van der Waals surface area (Å²) in [5, 5.41) is 0. The minimum Gasteiger partial charge on any atom is -0.370 e. The van der Waals surface area contributed by atoms with Gasteiger partial charge >= 0.3 is 0 Å². The van der Waals surface area contributed by atoms with E-state index in [1.165, 1.54) is 18.4 Å². The summed E-state index contributed by atoms with van der Waals surface area (Å²) in [7, 11) is 4.15. The maximum Gasteiger partial charge on any atom is 0.191 e. The Hall–Kier alpha value is -0.820. The quantitative estimate of drug-likeness (QED) is 0.462. The van der Waals surface area contributed by atoms with E-state index in [9.17, 15) is 0 Å². The van der Waals surface area contributed by atoms with Crippen LogP contribution in [0, 0.1) is 0 Å². The standard InChI is InChI=1S/C15H24N4.HI/c1-18(12-13-6-4-3-5-7-13)11-10-17-15(16)19(2)14-8-9-14;/h3-7,14H,8-12H2,1-2H3,(H2,16,17);1H. The van der Waals surface area contributed by atoms with E-state index in [-0.39, 0.29) is 24.0 Å². The van der Waals surface area contributed by atoms with Crippen molar-refractivity contribution in [2.24, 2.45) is 10.7 Å². The molecule has 1 aliphatic carbocycles. The minimum absolute atomic E-state index is 0. The van der Waals surface area contributed by atoms with Crippen LogP contribution in [0.25, 0.3) is 0 Å². The minimum atomic E-state index is 0. The van der Waals surface area contributed by atoms with Crippen molar-refractivity contribution < 1.29 is 0 Å². The molecule has 0 heterocycles. The molecule has 0 atom stereocenters. The molecule has 5 heteroatoms. The van der Waals surface area contributed by atoms with Crippen molar-refractivity contribution in [2.45, 2.75) is 25.4 Å². The normalized spacial score (nSPS) is 15.1. The lowest BCUT2D eigenvalue weighted by molar-refractivity contribution is 0.335. The third kappa shape index (κ3) is 5.66. The van der Waals surface area contributed by atoms with Crippen molar-refractivity contribution in [1.82, 2.24) is 9.80 Å². The summed E-state index contributed by atoms with van der Waals surface area (Å²) in [4.78, 5) is 8.81. The first-order valence-electron chi connectivity index (χ1n) is 6.92. The summed E-state index contributed by atoms with van der Waals surface area (Å²) >= 11 is 0. The van der Waals surface area contributed by atoms with E-state index in [4.69, 9.17) is 5.73 Å². The van der Waals surface area contributed by atoms with E-state index in [0.717, 1.165) is 19.6 Å². The van der Waals surface area contributed by atoms with E-state index in [1.54, 1.807) is 0 Å². The van der Waals surface area contributed by atoms with E-state index >= 15 is 0 Å². The van der Waals surface area contributed by atoms with Gasteiger partial charge in [0.1, 0.15) is 0 Å². The summed E-state index contributed by atoms with van der Waals surface area (Å²) in [5.41, 5.74) is 7.28. The molecule has 0 bridgehead atoms. The molecule has 0 amide bonds. The van der Waals surface area contributed by atoms with Gasteiger partial charge in [0.25, 0.3) is 0 Å². The molecule has 0 radical (unpaired) electrons. The molecule has 2 N–H and O–H groups in total. The topological polar surface area (TPSA) is 44.9 Å². The highest BCUT2D eigenvalue weighted by Gasteiger charge is 2.27. The highest BCUT2D eigenvalue weighted by atomic mass is 127. The van der Waals surface area contributed by atoms with Crippen LogP contribution in [0.15, 0.2) is 35.3 Å². The summed E-state index contributed by atoms with van der Waals surface area (Å²) in [6, 6.07) is 11.1. The average Bonchev–Trinajstić information content (AvgIpc) is 3.23. The van der Waals surface area contributed by atoms with Crippen molar-refractivity contribution in [1.29, 1.82) is 0 Å². The van der Waals surface area contributed by atoms with Gasteiger partial charge in [-0.15, -0.1) is 24.0 Å². The van der Waals surface area contributed by atoms with Crippen molar-refractivity contribution in [3.8, 4) is 0 Å². The van der Waals surface area contributed by atoms with Crippen LogP contribution in [0.2, 0.25) is 0 Å². The molecule has 1 aromatic carbocycles. The van der Waals surface area contributed by atoms with Crippen LogP contribution in [0.3, 0.4) is 0 Å². The summed E-state index contributed by atoms with van der Waals surface area (Å²) in [6.45, 7) is 2.63. The maximum absolute atomic E-state index is 5.95. The fourth-order valence-corrected chi connectivity index (χ4v) is 2.07. The largest absolute Gasteiger partial charge is 0.370 e. The fourth-order valence-electron chi connectivity index (χ4n) is 2.07. The van der Waals surface area contributed by atoms with Gasteiger partial charge in [-0.2, -0.15) is 0 Å². The van der Waals surface area contributed by atoms with Gasteiger partial charge < -0.3 is 15.5 Å². The number of nitrogens with two attached hydrogens (primary N) is 1. The lowest BCUT2D eigenvalue weighted by atomic mass is 10.2. The lowest BCUT2D eigenvalue weighted by Crippen LogP contribution is -2.36. The first-order chi connectivity index (χ1) is 9.16. The summed E-state index contributed by atoms with van der Waals surface area (Å²) in [5.74, 6) is 0.676. The molecule has 20 heavy (non-hydrogen) atoms. The molecule has 0 spiro atoms. The van der Waals surface area contributed by atoms with E-state index in [0.29, 0.717) is 12.0 Å². The number of aliphatic imine (C=N–C) groups is 1. The summed E-state index contributed by atoms with van der Waals surface area (Å²) < 4.78 is 0. The molecule has 0 aromatic heterocycles. The molecule has 0 saturated heterocycles. The summed E-state index contributed by atoms with van der Waals surface area (Å²) in [6.07, 6.45) is 2.50. The molecule has 1 fully saturated rings. The Bertz CT molecular complexity index is 417. The van der Waals surface area contributed by atoms with Gasteiger partial charge in [0, 0.05) is 26.2 Å². The van der Waals surface area contributed by atoms with Crippen LogP contribution in [0.5, 0.6) is 0 Å². The third-order valence-electron chi connectivity index (χ3n) is 3.51. The van der Waals surface area contributed by atoms with Crippen molar-refractivity contribution in [3.63, 3.8) is 0 Å². The van der Waals surface area contributed by atoms with Gasteiger partial charge in [-0.25, -0.2) is 0 Å². The number of likely N-dealkylation sites (N-methyl/N-ethyl adjacent to an activating group) is 1. The van der Waals surface area contributed by atoms with Gasteiger partial charge in [0.15, 0.2) is 5.96 Å². The molecule has 0 aliphatic heterocycles. The Morgan fingerprint density at radius 3 is 2.50 bits per heavy atom. The smallest absolute Gasteiger partial charge is 0.191 e. The van der Waals surface area contributed by atoms with Crippen LogP contribution in [-0.4, -0.2) is 49.0 Å². The van der Waals surface area contributed by atoms with Gasteiger partial charge in [0.05, 0.1) is 6.54 Å². The first-order valence-corrected chi connectivity index (χ1v) is 6.92. The number of hydrogen-bond acceptors (Lipinski definition) is 2. The molecule has 112 valence electrons. The Morgan fingerprint density at radius 1 is 1.25 bits per heavy atom. The van der Waals surface area contributed by atoms with Gasteiger partial charge in [0.2, 0.25) is 0 Å². The monoisotopic (exact) mass is 388 g/mol. The van der Waals surface area contributed by atoms with E-state index < -0.39 is 0 Å². The van der Waals surface area contributed by atoms with Gasteiger partial charge in [-0.3, -0.25) is 4.99 Å². The maximum atomic E-state index is 5.95. The van der Waals surface area contributed by atoms with Crippen LogP contribution < -0.4 is 5.73 Å². The number of rotatable bonds is 6. The molecule has 1 aliphatic rings. The molecular weight excluding hydrogens is 363 g/mol. The zero-order valence-electron chi connectivity index (χ0n) is 12.3. The number of hydrogen-bond donors (Lipinski definition) is 1. The average molecular weight is 388 g/mol. The fraction of sp³-hybridized carbons (Fsp3) is 0.533. The number of nitrogens with zero attached hydrogens (tertiary/aromatic N) is 3. The number of halogens is 1. The molecule has 1 aromatic rings. The molecule has 2 rings (SSSR count). The van der Waals surface area contributed by atoms with Crippen molar-refractivity contribution in [2.75, 3.05) is 27.2 Å². The van der Waals surface area contributed by atoms with Crippen molar-refractivity contribution >= 4 is 29.9 Å². The second-order valence-corrected chi connectivity index (χ2v) is 5.31. The predicted molar refractivity (Wildman–Crippen MR) is 95.5 cm³/mol. The van der Waals surface area contributed by atoms with Gasteiger partial charge in [-0.05, 0) is 25.5 Å².